The van der Waals surface area contributed by atoms with Gasteiger partial charge in [0.05, 0.1) is 7.11 Å². The summed E-state index contributed by atoms with van der Waals surface area (Å²) in [6, 6.07) is 6.88. The van der Waals surface area contributed by atoms with Crippen LogP contribution in [0.15, 0.2) is 24.3 Å². The smallest absolute Gasteiger partial charge is 0.269 e. The Bertz CT molecular complexity index is 491. The summed E-state index contributed by atoms with van der Waals surface area (Å²) in [5, 5.41) is 3.59. The highest BCUT2D eigenvalue weighted by Crippen LogP contribution is 2.11. The number of hydrogen-bond donors (Lipinski definition) is 3. The van der Waals surface area contributed by atoms with Crippen molar-refractivity contribution in [2.24, 2.45) is 5.92 Å². The van der Waals surface area contributed by atoms with Crippen molar-refractivity contribution >= 4 is 23.2 Å². The van der Waals surface area contributed by atoms with Gasteiger partial charge in [-0.25, -0.2) is 0 Å². The van der Waals surface area contributed by atoms with E-state index < -0.39 is 0 Å². The van der Waals surface area contributed by atoms with Gasteiger partial charge < -0.3 is 10.1 Å². The lowest BCUT2D eigenvalue weighted by Gasteiger charge is -2.17. The van der Waals surface area contributed by atoms with Gasteiger partial charge >= 0.3 is 0 Å². The van der Waals surface area contributed by atoms with Crippen LogP contribution in [0, 0.1) is 5.92 Å². The van der Waals surface area contributed by atoms with E-state index in [1.165, 1.54) is 19.3 Å². The molecule has 0 aliphatic rings. The van der Waals surface area contributed by atoms with Crippen LogP contribution in [0.25, 0.3) is 0 Å². The first-order valence-corrected chi connectivity index (χ1v) is 8.49. The van der Waals surface area contributed by atoms with Crippen molar-refractivity contribution in [3.8, 4) is 5.75 Å². The lowest BCUT2D eigenvalue weighted by atomic mass is 9.99. The summed E-state index contributed by atoms with van der Waals surface area (Å²) in [4.78, 5) is 12.0. The van der Waals surface area contributed by atoms with Crippen molar-refractivity contribution < 1.29 is 9.53 Å². The molecular weight excluding hydrogens is 310 g/mol. The van der Waals surface area contributed by atoms with Gasteiger partial charge in [0.2, 0.25) is 0 Å². The molecule has 0 aliphatic carbocycles. The Morgan fingerprint density at radius 1 is 1.22 bits per heavy atom. The topological polar surface area (TPSA) is 62.4 Å². The van der Waals surface area contributed by atoms with Crippen LogP contribution in [0.5, 0.6) is 5.75 Å². The minimum absolute atomic E-state index is 0.241. The molecule has 3 N–H and O–H groups in total. The van der Waals surface area contributed by atoms with Crippen LogP contribution in [-0.2, 0) is 0 Å². The maximum Gasteiger partial charge on any atom is 0.269 e. The van der Waals surface area contributed by atoms with Gasteiger partial charge in [0.15, 0.2) is 5.11 Å². The normalized spacial score (nSPS) is 11.4. The molecule has 0 radical (unpaired) electrons. The van der Waals surface area contributed by atoms with Crippen LogP contribution in [-0.4, -0.2) is 24.7 Å². The summed E-state index contributed by atoms with van der Waals surface area (Å²) in [6.07, 6.45) is 4.75. The zero-order chi connectivity index (χ0) is 17.1. The zero-order valence-electron chi connectivity index (χ0n) is 14.1. The molecule has 0 saturated carbocycles. The van der Waals surface area contributed by atoms with Gasteiger partial charge in [0, 0.05) is 12.1 Å². The Hall–Kier alpha value is -1.82. The molecule has 0 aliphatic heterocycles. The number of nitrogens with one attached hydrogen (secondary N) is 3. The monoisotopic (exact) mass is 337 g/mol. The molecule has 23 heavy (non-hydrogen) atoms. The number of rotatable bonds is 8. The average Bonchev–Trinajstić information content (AvgIpc) is 2.59. The first-order valence-electron chi connectivity index (χ1n) is 8.08. The van der Waals surface area contributed by atoms with E-state index in [4.69, 9.17) is 17.0 Å². The minimum Gasteiger partial charge on any atom is -0.497 e. The molecule has 5 nitrogen and oxygen atoms in total. The molecule has 6 heteroatoms. The second kappa shape index (κ2) is 10.8. The van der Waals surface area contributed by atoms with Crippen LogP contribution in [0.2, 0.25) is 0 Å². The summed E-state index contributed by atoms with van der Waals surface area (Å²) in [6.45, 7) is 5.20. The van der Waals surface area contributed by atoms with Gasteiger partial charge in [0.25, 0.3) is 5.91 Å². The second-order valence-corrected chi connectivity index (χ2v) is 5.84. The van der Waals surface area contributed by atoms with E-state index in [2.05, 4.69) is 30.0 Å². The Kier molecular flexibility index (Phi) is 9.05. The number of hydrazine groups is 1. The molecule has 1 amide bonds. The fraction of sp³-hybridized carbons (Fsp3) is 0.529. The second-order valence-electron chi connectivity index (χ2n) is 5.43. The maximum atomic E-state index is 12.0. The minimum atomic E-state index is -0.241. The largest absolute Gasteiger partial charge is 0.497 e. The molecule has 0 aromatic heterocycles. The number of hydrogen-bond acceptors (Lipinski definition) is 3. The van der Waals surface area contributed by atoms with Crippen molar-refractivity contribution in [3.63, 3.8) is 0 Å². The molecule has 0 spiro atoms. The van der Waals surface area contributed by atoms with Crippen LogP contribution in [0.3, 0.4) is 0 Å². The predicted molar refractivity (Wildman–Crippen MR) is 97.5 cm³/mol. The predicted octanol–water partition coefficient (Wildman–Crippen LogP) is 3.02. The lowest BCUT2D eigenvalue weighted by molar-refractivity contribution is 0.0943. The number of unbranched alkanes of at least 4 members (excludes halogenated alkanes) is 1. The van der Waals surface area contributed by atoms with E-state index in [0.29, 0.717) is 22.3 Å². The standard InChI is InChI=1S/C17H27N3O2S/c1-4-6-7-13(5-2)12-18-17(23)20-19-16(21)14-8-10-15(22-3)11-9-14/h8-11,13H,4-7,12H2,1-3H3,(H,19,21)(H2,18,20,23)/t13-/m1/s1. The van der Waals surface area contributed by atoms with E-state index in [9.17, 15) is 4.79 Å². The number of benzene rings is 1. The SMILES string of the molecule is CCCC[C@@H](CC)CNC(=S)NNC(=O)c1ccc(OC)cc1. The molecule has 1 aromatic rings. The number of thiocarbonyl (C=S) groups is 1. The Labute approximate surface area is 144 Å². The first kappa shape index (κ1) is 19.2. The molecule has 1 atom stereocenters. The van der Waals surface area contributed by atoms with Gasteiger partial charge in [-0.15, -0.1) is 0 Å². The summed E-state index contributed by atoms with van der Waals surface area (Å²) in [5.41, 5.74) is 5.86. The summed E-state index contributed by atoms with van der Waals surface area (Å²) in [5.74, 6) is 1.08. The highest BCUT2D eigenvalue weighted by molar-refractivity contribution is 7.80. The Morgan fingerprint density at radius 3 is 2.48 bits per heavy atom. The lowest BCUT2D eigenvalue weighted by Crippen LogP contribution is -2.47. The van der Waals surface area contributed by atoms with Crippen LogP contribution in [0.4, 0.5) is 0 Å². The fourth-order valence-corrected chi connectivity index (χ4v) is 2.29. The molecule has 0 fully saturated rings. The van der Waals surface area contributed by atoms with E-state index in [0.717, 1.165) is 13.0 Å². The molecule has 0 unspecified atom stereocenters. The van der Waals surface area contributed by atoms with Gasteiger partial charge in [-0.3, -0.25) is 15.6 Å². The summed E-state index contributed by atoms with van der Waals surface area (Å²) in [7, 11) is 1.59. The number of carbonyl (C=O) groups is 1. The molecule has 1 rings (SSSR count). The molecule has 1 aromatic carbocycles. The maximum absolute atomic E-state index is 12.0. The number of amides is 1. The van der Waals surface area contributed by atoms with Crippen molar-refractivity contribution in [3.05, 3.63) is 29.8 Å². The quantitative estimate of drug-likeness (QED) is 0.503. The van der Waals surface area contributed by atoms with Gasteiger partial charge in [-0.05, 0) is 48.8 Å². The van der Waals surface area contributed by atoms with Crippen LogP contribution >= 0.6 is 12.2 Å². The van der Waals surface area contributed by atoms with Gasteiger partial charge in [0.1, 0.15) is 5.75 Å². The molecular formula is C17H27N3O2S. The van der Waals surface area contributed by atoms with Gasteiger partial charge in [-0.2, -0.15) is 0 Å². The number of ether oxygens (including phenoxy) is 1. The highest BCUT2D eigenvalue weighted by atomic mass is 32.1. The van der Waals surface area contributed by atoms with E-state index in [1.54, 1.807) is 31.4 Å². The van der Waals surface area contributed by atoms with E-state index >= 15 is 0 Å². The van der Waals surface area contributed by atoms with Crippen molar-refractivity contribution in [1.82, 2.24) is 16.2 Å². The zero-order valence-corrected chi connectivity index (χ0v) is 15.0. The van der Waals surface area contributed by atoms with Crippen LogP contribution in [0.1, 0.15) is 49.9 Å². The van der Waals surface area contributed by atoms with Crippen LogP contribution < -0.4 is 20.9 Å². The third kappa shape index (κ3) is 7.32. The molecule has 0 saturated heterocycles. The summed E-state index contributed by atoms with van der Waals surface area (Å²) >= 11 is 5.18. The fourth-order valence-electron chi connectivity index (χ4n) is 2.15. The molecule has 0 heterocycles. The Morgan fingerprint density at radius 2 is 1.91 bits per heavy atom. The highest BCUT2D eigenvalue weighted by Gasteiger charge is 2.08. The van der Waals surface area contributed by atoms with Crippen molar-refractivity contribution in [1.29, 1.82) is 0 Å². The van der Waals surface area contributed by atoms with E-state index in [-0.39, 0.29) is 5.91 Å². The average molecular weight is 337 g/mol. The van der Waals surface area contributed by atoms with Crippen molar-refractivity contribution in [2.45, 2.75) is 39.5 Å². The molecule has 0 bridgehead atoms. The first-order chi connectivity index (χ1) is 11.1. The van der Waals surface area contributed by atoms with E-state index in [1.807, 2.05) is 0 Å². The van der Waals surface area contributed by atoms with Crippen molar-refractivity contribution in [2.75, 3.05) is 13.7 Å². The third-order valence-electron chi connectivity index (χ3n) is 3.74. The molecule has 128 valence electrons. The summed E-state index contributed by atoms with van der Waals surface area (Å²) < 4.78 is 5.06. The van der Waals surface area contributed by atoms with Gasteiger partial charge in [-0.1, -0.05) is 33.1 Å². The Balaban J connectivity index is 2.32. The third-order valence-corrected chi connectivity index (χ3v) is 3.98. The number of methoxy groups -OCH3 is 1. The number of carbonyl (C=O) groups excluding carboxylic acids is 1.